The molecule has 0 radical (unpaired) electrons. The summed E-state index contributed by atoms with van der Waals surface area (Å²) in [6.45, 7) is 9.98. The number of aliphatic hydroxyl groups excluding tert-OH is 1. The first-order valence-electron chi connectivity index (χ1n) is 7.25. The Morgan fingerprint density at radius 3 is 2.47 bits per heavy atom. The third-order valence-electron chi connectivity index (χ3n) is 3.77. The number of aliphatic hydroxyl groups is 1. The fraction of sp³-hybridized carbons (Fsp3) is 1.00. The van der Waals surface area contributed by atoms with Gasteiger partial charge in [0.15, 0.2) is 0 Å². The van der Waals surface area contributed by atoms with Crippen LogP contribution < -0.4 is 5.32 Å². The Labute approximate surface area is 107 Å². The summed E-state index contributed by atoms with van der Waals surface area (Å²) < 4.78 is 0. The van der Waals surface area contributed by atoms with Gasteiger partial charge in [0.2, 0.25) is 0 Å². The van der Waals surface area contributed by atoms with Gasteiger partial charge >= 0.3 is 0 Å². The maximum atomic E-state index is 9.48. The highest BCUT2D eigenvalue weighted by atomic mass is 16.3. The molecule has 17 heavy (non-hydrogen) atoms. The molecule has 1 saturated carbocycles. The number of unbranched alkanes of at least 4 members (excludes halogenated alkanes) is 1. The first kappa shape index (κ1) is 14.9. The average Bonchev–Trinajstić information content (AvgIpc) is 3.14. The highest BCUT2D eigenvalue weighted by molar-refractivity contribution is 4.88. The lowest BCUT2D eigenvalue weighted by molar-refractivity contribution is 0.144. The van der Waals surface area contributed by atoms with Gasteiger partial charge in [0, 0.05) is 18.1 Å². The second-order valence-corrected chi connectivity index (χ2v) is 5.62. The molecule has 3 nitrogen and oxygen atoms in total. The number of hydrogen-bond acceptors (Lipinski definition) is 3. The summed E-state index contributed by atoms with van der Waals surface area (Å²) >= 11 is 0. The number of nitrogens with zero attached hydrogens (tertiary/aromatic N) is 1. The molecule has 0 aliphatic heterocycles. The van der Waals surface area contributed by atoms with Gasteiger partial charge in [-0.1, -0.05) is 20.3 Å². The molecule has 1 atom stereocenters. The maximum absolute atomic E-state index is 9.48. The van der Waals surface area contributed by atoms with E-state index in [9.17, 15) is 5.11 Å². The Hall–Kier alpha value is -0.120. The van der Waals surface area contributed by atoms with Gasteiger partial charge in [-0.15, -0.1) is 0 Å². The van der Waals surface area contributed by atoms with Gasteiger partial charge in [-0.2, -0.15) is 0 Å². The highest BCUT2D eigenvalue weighted by Crippen LogP contribution is 2.28. The van der Waals surface area contributed by atoms with Crippen molar-refractivity contribution in [2.75, 3.05) is 26.2 Å². The number of hydrogen-bond donors (Lipinski definition) is 2. The highest BCUT2D eigenvalue weighted by Gasteiger charge is 2.30. The van der Waals surface area contributed by atoms with Gasteiger partial charge in [-0.25, -0.2) is 0 Å². The molecule has 1 unspecified atom stereocenters. The SMILES string of the molecule is CCCCN(CCC(C)(CO)NCC)C1CC1. The van der Waals surface area contributed by atoms with Crippen LogP contribution in [0.5, 0.6) is 0 Å². The Morgan fingerprint density at radius 2 is 2.00 bits per heavy atom. The van der Waals surface area contributed by atoms with Crippen molar-refractivity contribution in [1.82, 2.24) is 10.2 Å². The molecule has 1 rings (SSSR count). The summed E-state index contributed by atoms with van der Waals surface area (Å²) in [6, 6.07) is 0.839. The zero-order valence-corrected chi connectivity index (χ0v) is 11.8. The number of likely N-dealkylation sites (N-methyl/N-ethyl adjacent to an activating group) is 1. The van der Waals surface area contributed by atoms with E-state index < -0.39 is 0 Å². The van der Waals surface area contributed by atoms with Crippen LogP contribution in [-0.2, 0) is 0 Å². The molecule has 2 N–H and O–H groups in total. The van der Waals surface area contributed by atoms with Crippen LogP contribution in [0.25, 0.3) is 0 Å². The van der Waals surface area contributed by atoms with Gasteiger partial charge in [0.1, 0.15) is 0 Å². The van der Waals surface area contributed by atoms with Crippen molar-refractivity contribution >= 4 is 0 Å². The maximum Gasteiger partial charge on any atom is 0.0611 e. The van der Waals surface area contributed by atoms with Crippen LogP contribution in [0.3, 0.4) is 0 Å². The van der Waals surface area contributed by atoms with E-state index in [0.29, 0.717) is 0 Å². The van der Waals surface area contributed by atoms with E-state index in [2.05, 4.69) is 31.0 Å². The topological polar surface area (TPSA) is 35.5 Å². The first-order valence-corrected chi connectivity index (χ1v) is 7.25. The Balaban J connectivity index is 2.33. The minimum Gasteiger partial charge on any atom is -0.394 e. The molecule has 1 aliphatic carbocycles. The lowest BCUT2D eigenvalue weighted by Gasteiger charge is -2.32. The zero-order valence-electron chi connectivity index (χ0n) is 11.8. The molecule has 1 aliphatic rings. The van der Waals surface area contributed by atoms with Crippen molar-refractivity contribution in [1.29, 1.82) is 0 Å². The van der Waals surface area contributed by atoms with Crippen LogP contribution in [0.2, 0.25) is 0 Å². The second kappa shape index (κ2) is 7.34. The second-order valence-electron chi connectivity index (χ2n) is 5.62. The third kappa shape index (κ3) is 5.36. The van der Waals surface area contributed by atoms with Gasteiger partial charge < -0.3 is 15.3 Å². The van der Waals surface area contributed by atoms with E-state index >= 15 is 0 Å². The summed E-state index contributed by atoms with van der Waals surface area (Å²) in [6.07, 6.45) is 6.36. The molecule has 1 fully saturated rings. The van der Waals surface area contributed by atoms with Crippen molar-refractivity contribution in [3.8, 4) is 0 Å². The lowest BCUT2D eigenvalue weighted by atomic mass is 9.98. The van der Waals surface area contributed by atoms with Gasteiger partial charge in [-0.05, 0) is 45.7 Å². The fourth-order valence-electron chi connectivity index (χ4n) is 2.32. The predicted octanol–water partition coefficient (Wildman–Crippen LogP) is 2.00. The Kier molecular flexibility index (Phi) is 6.45. The molecule has 0 spiro atoms. The minimum atomic E-state index is -0.103. The lowest BCUT2D eigenvalue weighted by Crippen LogP contribution is -2.48. The molecule has 0 bridgehead atoms. The predicted molar refractivity (Wildman–Crippen MR) is 73.3 cm³/mol. The van der Waals surface area contributed by atoms with Crippen LogP contribution in [0.4, 0.5) is 0 Å². The largest absolute Gasteiger partial charge is 0.394 e. The van der Waals surface area contributed by atoms with Crippen molar-refractivity contribution in [2.45, 2.75) is 64.5 Å². The summed E-state index contributed by atoms with van der Waals surface area (Å²) in [5.41, 5.74) is -0.103. The standard InChI is InChI=1S/C14H30N2O/c1-4-6-10-16(13-7-8-13)11-9-14(3,12-17)15-5-2/h13,15,17H,4-12H2,1-3H3. The molecule has 0 aromatic carbocycles. The quantitative estimate of drug-likeness (QED) is 0.615. The number of rotatable bonds is 10. The molecule has 0 heterocycles. The number of nitrogens with one attached hydrogen (secondary N) is 1. The van der Waals surface area contributed by atoms with Gasteiger partial charge in [0.05, 0.1) is 6.61 Å². The fourth-order valence-corrected chi connectivity index (χ4v) is 2.32. The Morgan fingerprint density at radius 1 is 1.29 bits per heavy atom. The summed E-state index contributed by atoms with van der Waals surface area (Å²) in [4.78, 5) is 2.62. The normalized spacial score (nSPS) is 19.6. The molecular formula is C14H30N2O. The zero-order chi connectivity index (χ0) is 12.7. The van der Waals surface area contributed by atoms with E-state index in [4.69, 9.17) is 0 Å². The van der Waals surface area contributed by atoms with E-state index in [-0.39, 0.29) is 12.1 Å². The van der Waals surface area contributed by atoms with Crippen LogP contribution >= 0.6 is 0 Å². The van der Waals surface area contributed by atoms with E-state index in [1.807, 2.05) is 0 Å². The average molecular weight is 242 g/mol. The van der Waals surface area contributed by atoms with Crippen molar-refractivity contribution in [3.05, 3.63) is 0 Å². The van der Waals surface area contributed by atoms with Crippen LogP contribution in [0.1, 0.15) is 52.9 Å². The molecule has 0 amide bonds. The van der Waals surface area contributed by atoms with Gasteiger partial charge in [-0.3, -0.25) is 0 Å². The van der Waals surface area contributed by atoms with Gasteiger partial charge in [0.25, 0.3) is 0 Å². The van der Waals surface area contributed by atoms with Crippen molar-refractivity contribution in [3.63, 3.8) is 0 Å². The summed E-state index contributed by atoms with van der Waals surface area (Å²) in [7, 11) is 0. The molecule has 0 aromatic heterocycles. The molecule has 0 aromatic rings. The monoisotopic (exact) mass is 242 g/mol. The van der Waals surface area contributed by atoms with Crippen molar-refractivity contribution < 1.29 is 5.11 Å². The first-order chi connectivity index (χ1) is 8.15. The smallest absolute Gasteiger partial charge is 0.0611 e. The van der Waals surface area contributed by atoms with Crippen LogP contribution in [0.15, 0.2) is 0 Å². The molecule has 0 saturated heterocycles. The van der Waals surface area contributed by atoms with E-state index in [1.165, 1.54) is 32.2 Å². The Bertz CT molecular complexity index is 206. The van der Waals surface area contributed by atoms with E-state index in [1.54, 1.807) is 0 Å². The van der Waals surface area contributed by atoms with Crippen LogP contribution in [0, 0.1) is 0 Å². The van der Waals surface area contributed by atoms with Crippen LogP contribution in [-0.4, -0.2) is 47.8 Å². The molecule has 3 heteroatoms. The molecular weight excluding hydrogens is 212 g/mol. The van der Waals surface area contributed by atoms with E-state index in [0.717, 1.165) is 25.6 Å². The van der Waals surface area contributed by atoms with Crippen molar-refractivity contribution in [2.24, 2.45) is 0 Å². The molecule has 102 valence electrons. The third-order valence-corrected chi connectivity index (χ3v) is 3.77. The summed E-state index contributed by atoms with van der Waals surface area (Å²) in [5, 5.41) is 12.9. The summed E-state index contributed by atoms with van der Waals surface area (Å²) in [5.74, 6) is 0. The minimum absolute atomic E-state index is 0.103.